The molecule has 0 saturated heterocycles. The SMILES string of the molecule is CCNCc1ccc(OCC(C)CO)c(Cl)c1. The van der Waals surface area contributed by atoms with Crippen molar-refractivity contribution in [3.63, 3.8) is 0 Å². The molecule has 0 radical (unpaired) electrons. The van der Waals surface area contributed by atoms with Crippen molar-refractivity contribution in [3.05, 3.63) is 28.8 Å². The summed E-state index contributed by atoms with van der Waals surface area (Å²) in [4.78, 5) is 0. The normalized spacial score (nSPS) is 12.5. The van der Waals surface area contributed by atoms with Crippen LogP contribution in [0.15, 0.2) is 18.2 Å². The molecule has 0 amide bonds. The van der Waals surface area contributed by atoms with Crippen LogP contribution in [0.5, 0.6) is 5.75 Å². The minimum atomic E-state index is 0.118. The highest BCUT2D eigenvalue weighted by Gasteiger charge is 2.05. The Bertz CT molecular complexity index is 344. The van der Waals surface area contributed by atoms with Gasteiger partial charge in [0.25, 0.3) is 0 Å². The van der Waals surface area contributed by atoms with Crippen molar-refractivity contribution in [1.29, 1.82) is 0 Å². The molecule has 1 rings (SSSR count). The fourth-order valence-electron chi connectivity index (χ4n) is 1.33. The zero-order valence-corrected chi connectivity index (χ0v) is 11.1. The zero-order chi connectivity index (χ0) is 12.7. The lowest BCUT2D eigenvalue weighted by Crippen LogP contribution is -2.13. The molecule has 0 spiro atoms. The summed E-state index contributed by atoms with van der Waals surface area (Å²) in [5.74, 6) is 0.791. The van der Waals surface area contributed by atoms with Gasteiger partial charge in [0.05, 0.1) is 11.6 Å². The summed E-state index contributed by atoms with van der Waals surface area (Å²) < 4.78 is 5.54. The van der Waals surface area contributed by atoms with Gasteiger partial charge in [0.15, 0.2) is 0 Å². The van der Waals surface area contributed by atoms with E-state index in [1.165, 1.54) is 0 Å². The van der Waals surface area contributed by atoms with Crippen molar-refractivity contribution in [2.45, 2.75) is 20.4 Å². The topological polar surface area (TPSA) is 41.5 Å². The lowest BCUT2D eigenvalue weighted by atomic mass is 10.2. The fourth-order valence-corrected chi connectivity index (χ4v) is 1.58. The van der Waals surface area contributed by atoms with Gasteiger partial charge >= 0.3 is 0 Å². The second-order valence-corrected chi connectivity index (χ2v) is 4.55. The van der Waals surface area contributed by atoms with Crippen LogP contribution in [0, 0.1) is 5.92 Å². The number of halogens is 1. The molecular formula is C13H20ClNO2. The zero-order valence-electron chi connectivity index (χ0n) is 10.4. The maximum Gasteiger partial charge on any atom is 0.137 e. The average Bonchev–Trinajstić information content (AvgIpc) is 2.34. The minimum Gasteiger partial charge on any atom is -0.492 e. The van der Waals surface area contributed by atoms with Crippen molar-refractivity contribution in [2.24, 2.45) is 5.92 Å². The summed E-state index contributed by atoms with van der Waals surface area (Å²) in [6.45, 7) is 6.33. The number of hydrogen-bond acceptors (Lipinski definition) is 3. The van der Waals surface area contributed by atoms with E-state index in [1.807, 2.05) is 25.1 Å². The van der Waals surface area contributed by atoms with Crippen molar-refractivity contribution in [3.8, 4) is 5.75 Å². The second-order valence-electron chi connectivity index (χ2n) is 4.14. The Morgan fingerprint density at radius 3 is 2.82 bits per heavy atom. The summed E-state index contributed by atoms with van der Waals surface area (Å²) in [7, 11) is 0. The third-order valence-corrected chi connectivity index (χ3v) is 2.71. The smallest absolute Gasteiger partial charge is 0.137 e. The standard InChI is InChI=1S/C13H20ClNO2/c1-3-15-7-11-4-5-13(12(14)6-11)17-9-10(2)8-16/h4-6,10,15-16H,3,7-9H2,1-2H3. The summed E-state index contributed by atoms with van der Waals surface area (Å²) in [5, 5.41) is 12.8. The first-order valence-corrected chi connectivity index (χ1v) is 6.28. The molecule has 0 saturated carbocycles. The first kappa shape index (κ1) is 14.3. The molecule has 1 unspecified atom stereocenters. The first-order valence-electron chi connectivity index (χ1n) is 5.90. The predicted octanol–water partition coefficient (Wildman–Crippen LogP) is 2.46. The van der Waals surface area contributed by atoms with E-state index >= 15 is 0 Å². The number of nitrogens with one attached hydrogen (secondary N) is 1. The molecule has 1 aromatic carbocycles. The number of ether oxygens (including phenoxy) is 1. The van der Waals surface area contributed by atoms with Crippen LogP contribution in [-0.4, -0.2) is 24.9 Å². The van der Waals surface area contributed by atoms with Crippen molar-refractivity contribution in [1.82, 2.24) is 5.32 Å². The van der Waals surface area contributed by atoms with Crippen LogP contribution in [0.1, 0.15) is 19.4 Å². The Hall–Kier alpha value is -0.770. The van der Waals surface area contributed by atoms with Crippen LogP contribution in [0.25, 0.3) is 0 Å². The Balaban J connectivity index is 2.56. The van der Waals surface area contributed by atoms with Gasteiger partial charge in [-0.15, -0.1) is 0 Å². The van der Waals surface area contributed by atoms with Gasteiger partial charge in [0, 0.05) is 19.1 Å². The molecule has 0 aliphatic heterocycles. The minimum absolute atomic E-state index is 0.118. The van der Waals surface area contributed by atoms with Crippen LogP contribution in [0.2, 0.25) is 5.02 Å². The van der Waals surface area contributed by atoms with E-state index in [-0.39, 0.29) is 12.5 Å². The molecule has 2 N–H and O–H groups in total. The van der Waals surface area contributed by atoms with E-state index in [0.29, 0.717) is 17.4 Å². The highest BCUT2D eigenvalue weighted by molar-refractivity contribution is 6.32. The highest BCUT2D eigenvalue weighted by atomic mass is 35.5. The molecule has 0 heterocycles. The molecule has 96 valence electrons. The number of rotatable bonds is 7. The van der Waals surface area contributed by atoms with Gasteiger partial charge in [-0.3, -0.25) is 0 Å². The van der Waals surface area contributed by atoms with Gasteiger partial charge in [0.2, 0.25) is 0 Å². The molecule has 0 bridgehead atoms. The second kappa shape index (κ2) is 7.54. The first-order chi connectivity index (χ1) is 8.17. The van der Waals surface area contributed by atoms with Gasteiger partial charge < -0.3 is 15.2 Å². The summed E-state index contributed by atoms with van der Waals surface area (Å²) >= 11 is 6.12. The average molecular weight is 258 g/mol. The monoisotopic (exact) mass is 257 g/mol. The number of aliphatic hydroxyl groups excluding tert-OH is 1. The van der Waals surface area contributed by atoms with Crippen LogP contribution in [0.3, 0.4) is 0 Å². The maximum atomic E-state index is 8.90. The Morgan fingerprint density at radius 2 is 2.24 bits per heavy atom. The molecule has 3 nitrogen and oxygen atoms in total. The van der Waals surface area contributed by atoms with Crippen LogP contribution in [-0.2, 0) is 6.54 Å². The third kappa shape index (κ3) is 4.94. The van der Waals surface area contributed by atoms with E-state index in [0.717, 1.165) is 18.7 Å². The van der Waals surface area contributed by atoms with E-state index < -0.39 is 0 Å². The molecule has 4 heteroatoms. The lowest BCUT2D eigenvalue weighted by Gasteiger charge is -2.12. The molecular weight excluding hydrogens is 238 g/mol. The summed E-state index contributed by atoms with van der Waals surface area (Å²) in [5.41, 5.74) is 1.14. The molecule has 1 atom stereocenters. The van der Waals surface area contributed by atoms with Crippen molar-refractivity contribution < 1.29 is 9.84 Å². The van der Waals surface area contributed by atoms with Gasteiger partial charge in [-0.25, -0.2) is 0 Å². The van der Waals surface area contributed by atoms with E-state index in [9.17, 15) is 0 Å². The lowest BCUT2D eigenvalue weighted by molar-refractivity contribution is 0.174. The molecule has 17 heavy (non-hydrogen) atoms. The molecule has 0 aliphatic carbocycles. The van der Waals surface area contributed by atoms with Crippen molar-refractivity contribution >= 4 is 11.6 Å². The fraction of sp³-hybridized carbons (Fsp3) is 0.538. The molecule has 1 aromatic rings. The summed E-state index contributed by atoms with van der Waals surface area (Å²) in [6, 6.07) is 5.77. The van der Waals surface area contributed by atoms with Crippen LogP contribution >= 0.6 is 11.6 Å². The van der Waals surface area contributed by atoms with Gasteiger partial charge in [-0.05, 0) is 24.2 Å². The van der Waals surface area contributed by atoms with E-state index in [2.05, 4.69) is 12.2 Å². The molecule has 0 aliphatic rings. The van der Waals surface area contributed by atoms with Gasteiger partial charge in [-0.1, -0.05) is 31.5 Å². The third-order valence-electron chi connectivity index (χ3n) is 2.41. The maximum absolute atomic E-state index is 8.90. The van der Waals surface area contributed by atoms with Gasteiger partial charge in [-0.2, -0.15) is 0 Å². The van der Waals surface area contributed by atoms with Crippen LogP contribution < -0.4 is 10.1 Å². The Morgan fingerprint density at radius 1 is 1.47 bits per heavy atom. The number of benzene rings is 1. The quantitative estimate of drug-likeness (QED) is 0.789. The van der Waals surface area contributed by atoms with Crippen molar-refractivity contribution in [2.75, 3.05) is 19.8 Å². The molecule has 0 aromatic heterocycles. The van der Waals surface area contributed by atoms with Gasteiger partial charge in [0.1, 0.15) is 5.75 Å². The Labute approximate surface area is 108 Å². The molecule has 0 fully saturated rings. The highest BCUT2D eigenvalue weighted by Crippen LogP contribution is 2.25. The van der Waals surface area contributed by atoms with E-state index in [1.54, 1.807) is 0 Å². The number of hydrogen-bond donors (Lipinski definition) is 2. The van der Waals surface area contributed by atoms with E-state index in [4.69, 9.17) is 21.4 Å². The number of aliphatic hydroxyl groups is 1. The van der Waals surface area contributed by atoms with Crippen LogP contribution in [0.4, 0.5) is 0 Å². The predicted molar refractivity (Wildman–Crippen MR) is 70.6 cm³/mol. The largest absolute Gasteiger partial charge is 0.492 e. The Kier molecular flexibility index (Phi) is 6.34. The summed E-state index contributed by atoms with van der Waals surface area (Å²) in [6.07, 6.45) is 0.